The molecule has 3 aromatic rings. The number of fused-ring (bicyclic) bond motifs is 1. The smallest absolute Gasteiger partial charge is 0.261 e. The SMILES string of the molecule is CC[C@H](Oc1ccc2c(c1)[C@@H](c1ccc(C)cc1)N(C(=O)CC(C)C)CC2)C(=O)NCc1cccc(F)c1. The monoisotopic (exact) mass is 516 g/mol. The summed E-state index contributed by atoms with van der Waals surface area (Å²) < 4.78 is 19.7. The highest BCUT2D eigenvalue weighted by Crippen LogP contribution is 2.38. The van der Waals surface area contributed by atoms with Gasteiger partial charge in [-0.1, -0.05) is 68.8 Å². The molecule has 0 unspecified atom stereocenters. The first kappa shape index (κ1) is 27.4. The zero-order chi connectivity index (χ0) is 27.2. The first-order chi connectivity index (χ1) is 18.2. The lowest BCUT2D eigenvalue weighted by Crippen LogP contribution is -2.41. The van der Waals surface area contributed by atoms with Crippen molar-refractivity contribution in [2.75, 3.05) is 6.54 Å². The van der Waals surface area contributed by atoms with Crippen LogP contribution in [-0.4, -0.2) is 29.4 Å². The maximum Gasteiger partial charge on any atom is 0.261 e. The van der Waals surface area contributed by atoms with Crippen LogP contribution in [0.3, 0.4) is 0 Å². The summed E-state index contributed by atoms with van der Waals surface area (Å²) in [6.45, 7) is 8.96. The lowest BCUT2D eigenvalue weighted by Gasteiger charge is -2.38. The standard InChI is InChI=1S/C32H37FN2O3/c1-5-29(32(37)34-20-23-7-6-8-26(33)18-23)38-27-14-13-24-15-16-35(30(36)17-21(2)3)31(28(24)19-27)25-11-9-22(4)10-12-25/h6-14,18-19,21,29,31H,5,15-17,20H2,1-4H3,(H,34,37)/t29-,31+/m0/s1. The largest absolute Gasteiger partial charge is 0.481 e. The molecule has 1 aliphatic rings. The van der Waals surface area contributed by atoms with Gasteiger partial charge in [-0.05, 0) is 72.2 Å². The van der Waals surface area contributed by atoms with Gasteiger partial charge in [0.15, 0.2) is 6.10 Å². The number of halogens is 1. The van der Waals surface area contributed by atoms with Gasteiger partial charge in [0.05, 0.1) is 6.04 Å². The highest BCUT2D eigenvalue weighted by molar-refractivity contribution is 5.81. The van der Waals surface area contributed by atoms with Gasteiger partial charge in [-0.2, -0.15) is 0 Å². The summed E-state index contributed by atoms with van der Waals surface area (Å²) in [6, 6.07) is 20.2. The van der Waals surface area contributed by atoms with Gasteiger partial charge >= 0.3 is 0 Å². The fraction of sp³-hybridized carbons (Fsp3) is 0.375. The van der Waals surface area contributed by atoms with Crippen molar-refractivity contribution >= 4 is 11.8 Å². The molecule has 2 atom stereocenters. The Morgan fingerprint density at radius 2 is 1.84 bits per heavy atom. The van der Waals surface area contributed by atoms with E-state index in [4.69, 9.17) is 4.74 Å². The molecule has 5 nitrogen and oxygen atoms in total. The average Bonchev–Trinajstić information content (AvgIpc) is 2.90. The number of rotatable bonds is 9. The molecule has 38 heavy (non-hydrogen) atoms. The van der Waals surface area contributed by atoms with Crippen LogP contribution in [0.1, 0.15) is 67.5 Å². The van der Waals surface area contributed by atoms with E-state index in [1.165, 1.54) is 17.7 Å². The van der Waals surface area contributed by atoms with Crippen LogP contribution in [0.15, 0.2) is 66.7 Å². The van der Waals surface area contributed by atoms with E-state index in [2.05, 4.69) is 50.4 Å². The molecule has 0 saturated carbocycles. The molecule has 0 spiro atoms. The average molecular weight is 517 g/mol. The van der Waals surface area contributed by atoms with Crippen LogP contribution in [0.4, 0.5) is 4.39 Å². The van der Waals surface area contributed by atoms with Crippen molar-refractivity contribution in [2.45, 2.75) is 65.6 Å². The number of hydrogen-bond acceptors (Lipinski definition) is 3. The Morgan fingerprint density at radius 1 is 1.08 bits per heavy atom. The van der Waals surface area contributed by atoms with Crippen molar-refractivity contribution < 1.29 is 18.7 Å². The number of carbonyl (C=O) groups is 2. The third-order valence-corrected chi connectivity index (χ3v) is 6.94. The Balaban J connectivity index is 1.58. The van der Waals surface area contributed by atoms with Gasteiger partial charge in [-0.15, -0.1) is 0 Å². The molecule has 2 amide bonds. The maximum absolute atomic E-state index is 13.5. The molecule has 1 heterocycles. The van der Waals surface area contributed by atoms with E-state index in [1.807, 2.05) is 30.0 Å². The molecule has 200 valence electrons. The minimum atomic E-state index is -0.693. The van der Waals surface area contributed by atoms with E-state index in [1.54, 1.807) is 12.1 Å². The Labute approximate surface area is 225 Å². The van der Waals surface area contributed by atoms with Gasteiger partial charge in [0, 0.05) is 19.5 Å². The summed E-state index contributed by atoms with van der Waals surface area (Å²) in [4.78, 5) is 28.2. The van der Waals surface area contributed by atoms with Crippen LogP contribution in [0.25, 0.3) is 0 Å². The zero-order valence-electron chi connectivity index (χ0n) is 22.7. The number of amides is 2. The van der Waals surface area contributed by atoms with Crippen molar-refractivity contribution in [2.24, 2.45) is 5.92 Å². The molecule has 0 fully saturated rings. The number of carbonyl (C=O) groups excluding carboxylic acids is 2. The molecule has 1 aliphatic heterocycles. The number of aryl methyl sites for hydroxylation is 1. The lowest BCUT2D eigenvalue weighted by atomic mass is 9.87. The van der Waals surface area contributed by atoms with Crippen LogP contribution < -0.4 is 10.1 Å². The number of nitrogens with one attached hydrogen (secondary N) is 1. The number of nitrogens with zero attached hydrogens (tertiary/aromatic N) is 1. The van der Waals surface area contributed by atoms with Crippen molar-refractivity contribution in [1.29, 1.82) is 0 Å². The molecular formula is C32H37FN2O3. The molecule has 4 rings (SSSR count). The quantitative estimate of drug-likeness (QED) is 0.372. The molecule has 0 aliphatic carbocycles. The second-order valence-electron chi connectivity index (χ2n) is 10.5. The first-order valence-corrected chi connectivity index (χ1v) is 13.4. The molecule has 1 N–H and O–H groups in total. The molecular weight excluding hydrogens is 479 g/mol. The Hall–Kier alpha value is -3.67. The minimum Gasteiger partial charge on any atom is -0.481 e. The second kappa shape index (κ2) is 12.2. The summed E-state index contributed by atoms with van der Waals surface area (Å²) in [5.74, 6) is 0.419. The topological polar surface area (TPSA) is 58.6 Å². The first-order valence-electron chi connectivity index (χ1n) is 13.4. The third kappa shape index (κ3) is 6.60. The van der Waals surface area contributed by atoms with Gasteiger partial charge in [-0.25, -0.2) is 4.39 Å². The van der Waals surface area contributed by atoms with E-state index in [0.29, 0.717) is 30.7 Å². The molecule has 3 aromatic carbocycles. The summed E-state index contributed by atoms with van der Waals surface area (Å²) >= 11 is 0. The molecule has 0 bridgehead atoms. The van der Waals surface area contributed by atoms with Crippen LogP contribution >= 0.6 is 0 Å². The number of ether oxygens (including phenoxy) is 1. The zero-order valence-corrected chi connectivity index (χ0v) is 22.7. The van der Waals surface area contributed by atoms with Crippen molar-refractivity contribution in [3.8, 4) is 5.75 Å². The fourth-order valence-electron chi connectivity index (χ4n) is 4.95. The number of hydrogen-bond donors (Lipinski definition) is 1. The van der Waals surface area contributed by atoms with E-state index >= 15 is 0 Å². The molecule has 0 saturated heterocycles. The maximum atomic E-state index is 13.5. The Kier molecular flexibility index (Phi) is 8.82. The van der Waals surface area contributed by atoms with E-state index < -0.39 is 6.10 Å². The molecule has 0 aromatic heterocycles. The van der Waals surface area contributed by atoms with Crippen LogP contribution in [0.5, 0.6) is 5.75 Å². The van der Waals surface area contributed by atoms with E-state index in [9.17, 15) is 14.0 Å². The normalized spacial score (nSPS) is 15.6. The summed E-state index contributed by atoms with van der Waals surface area (Å²) in [6.07, 6.45) is 1.05. The van der Waals surface area contributed by atoms with Gasteiger partial charge in [0.2, 0.25) is 5.91 Å². The van der Waals surface area contributed by atoms with E-state index in [0.717, 1.165) is 23.1 Å². The molecule has 6 heteroatoms. The Morgan fingerprint density at radius 3 is 2.53 bits per heavy atom. The van der Waals surface area contributed by atoms with Gasteiger partial charge < -0.3 is 15.0 Å². The van der Waals surface area contributed by atoms with Gasteiger partial charge in [-0.3, -0.25) is 9.59 Å². The minimum absolute atomic E-state index is 0.144. The lowest BCUT2D eigenvalue weighted by molar-refractivity contribution is -0.134. The Bertz CT molecular complexity index is 1270. The van der Waals surface area contributed by atoms with Crippen LogP contribution in [0, 0.1) is 18.7 Å². The number of benzene rings is 3. The van der Waals surface area contributed by atoms with Crippen LogP contribution in [0.2, 0.25) is 0 Å². The highest BCUT2D eigenvalue weighted by Gasteiger charge is 2.33. The third-order valence-electron chi connectivity index (χ3n) is 6.94. The summed E-state index contributed by atoms with van der Waals surface area (Å²) in [7, 11) is 0. The molecule has 0 radical (unpaired) electrons. The predicted octanol–water partition coefficient (Wildman–Crippen LogP) is 6.13. The van der Waals surface area contributed by atoms with Gasteiger partial charge in [0.1, 0.15) is 11.6 Å². The fourth-order valence-corrected chi connectivity index (χ4v) is 4.95. The summed E-state index contributed by atoms with van der Waals surface area (Å²) in [5.41, 5.74) is 5.13. The van der Waals surface area contributed by atoms with Crippen molar-refractivity contribution in [1.82, 2.24) is 10.2 Å². The predicted molar refractivity (Wildman–Crippen MR) is 147 cm³/mol. The van der Waals surface area contributed by atoms with Crippen molar-refractivity contribution in [3.05, 3.63) is 100 Å². The summed E-state index contributed by atoms with van der Waals surface area (Å²) in [5, 5.41) is 2.86. The highest BCUT2D eigenvalue weighted by atomic mass is 19.1. The second-order valence-corrected chi connectivity index (χ2v) is 10.5. The van der Waals surface area contributed by atoms with Gasteiger partial charge in [0.25, 0.3) is 5.91 Å². The van der Waals surface area contributed by atoms with E-state index in [-0.39, 0.29) is 36.1 Å². The van der Waals surface area contributed by atoms with Crippen LogP contribution in [-0.2, 0) is 22.6 Å². The van der Waals surface area contributed by atoms with Crippen molar-refractivity contribution in [3.63, 3.8) is 0 Å².